The highest BCUT2D eigenvalue weighted by Crippen LogP contribution is 2.45. The lowest BCUT2D eigenvalue weighted by Gasteiger charge is -2.12. The summed E-state index contributed by atoms with van der Waals surface area (Å²) in [4.78, 5) is 24.3. The van der Waals surface area contributed by atoms with Crippen molar-refractivity contribution in [2.45, 2.75) is 0 Å². The number of aromatic hydroxyl groups is 3. The highest BCUT2D eigenvalue weighted by atomic mass is 19.1. The topological polar surface area (TPSA) is 156 Å². The third kappa shape index (κ3) is 3.75. The first-order valence-corrected chi connectivity index (χ1v) is 9.60. The normalized spacial score (nSPS) is 10.8. The number of carbonyl (C=O) groups is 1. The van der Waals surface area contributed by atoms with Crippen LogP contribution in [-0.4, -0.2) is 38.3 Å². The van der Waals surface area contributed by atoms with Crippen molar-refractivity contribution in [3.8, 4) is 45.6 Å². The summed E-state index contributed by atoms with van der Waals surface area (Å²) in [5.41, 5.74) is -1.52. The van der Waals surface area contributed by atoms with Crippen molar-refractivity contribution in [3.63, 3.8) is 0 Å². The van der Waals surface area contributed by atoms with Crippen LogP contribution in [0, 0.1) is 15.9 Å². The van der Waals surface area contributed by atoms with Crippen LogP contribution in [0.3, 0.4) is 0 Å². The van der Waals surface area contributed by atoms with Crippen LogP contribution in [0.25, 0.3) is 22.6 Å². The predicted molar refractivity (Wildman–Crippen MR) is 115 cm³/mol. The number of hydrogen-bond acceptors (Lipinski definition) is 9. The first-order valence-electron chi connectivity index (χ1n) is 9.60. The van der Waals surface area contributed by atoms with Crippen molar-refractivity contribution in [2.24, 2.45) is 0 Å². The number of benzene rings is 3. The average molecular weight is 466 g/mol. The van der Waals surface area contributed by atoms with Crippen LogP contribution in [0.4, 0.5) is 10.1 Å². The van der Waals surface area contributed by atoms with E-state index >= 15 is 0 Å². The lowest BCUT2D eigenvalue weighted by molar-refractivity contribution is -0.386. The molecule has 172 valence electrons. The van der Waals surface area contributed by atoms with Gasteiger partial charge in [-0.3, -0.25) is 14.9 Å². The number of nitro benzene ring substituents is 1. The molecule has 0 bridgehead atoms. The quantitative estimate of drug-likeness (QED) is 0.162. The summed E-state index contributed by atoms with van der Waals surface area (Å²) in [6.07, 6.45) is 0. The summed E-state index contributed by atoms with van der Waals surface area (Å²) in [5.74, 6) is -4.38. The molecule has 0 aliphatic carbocycles. The number of para-hydroxylation sites is 1. The zero-order chi connectivity index (χ0) is 24.6. The molecule has 0 atom stereocenters. The van der Waals surface area contributed by atoms with Gasteiger partial charge in [0.05, 0.1) is 17.6 Å². The van der Waals surface area contributed by atoms with Crippen LogP contribution >= 0.6 is 0 Å². The van der Waals surface area contributed by atoms with Gasteiger partial charge in [-0.05, 0) is 36.4 Å². The Morgan fingerprint density at radius 2 is 1.82 bits per heavy atom. The summed E-state index contributed by atoms with van der Waals surface area (Å²) < 4.78 is 23.8. The molecular formula is C23H15FN2O8. The van der Waals surface area contributed by atoms with E-state index in [0.717, 1.165) is 18.2 Å². The fourth-order valence-corrected chi connectivity index (χ4v) is 3.42. The number of hydrogen-bond donors (Lipinski definition) is 3. The van der Waals surface area contributed by atoms with Crippen LogP contribution < -0.4 is 4.74 Å². The number of rotatable bonds is 6. The van der Waals surface area contributed by atoms with Crippen molar-refractivity contribution in [3.05, 3.63) is 81.7 Å². The number of nitro groups is 1. The van der Waals surface area contributed by atoms with Crippen LogP contribution in [-0.2, 0) is 0 Å². The third-order valence-corrected chi connectivity index (χ3v) is 5.03. The van der Waals surface area contributed by atoms with Gasteiger partial charge < -0.3 is 24.6 Å². The van der Waals surface area contributed by atoms with E-state index in [9.17, 15) is 34.6 Å². The van der Waals surface area contributed by atoms with Gasteiger partial charge in [0.1, 0.15) is 17.0 Å². The number of halogens is 1. The number of nitrogens with zero attached hydrogens (tertiary/aromatic N) is 2. The van der Waals surface area contributed by atoms with Gasteiger partial charge in [-0.2, -0.15) is 0 Å². The maximum atomic E-state index is 13.5. The number of carbonyl (C=O) groups excluding carboxylic acids is 1. The molecule has 34 heavy (non-hydrogen) atoms. The molecule has 0 amide bonds. The Bertz CT molecular complexity index is 1450. The van der Waals surface area contributed by atoms with Crippen molar-refractivity contribution in [1.29, 1.82) is 0 Å². The Kier molecular flexibility index (Phi) is 5.60. The van der Waals surface area contributed by atoms with Gasteiger partial charge in [-0.15, -0.1) is 0 Å². The molecule has 0 aliphatic rings. The number of phenolic OH excluding ortho intramolecular Hbond substituents is 3. The number of phenols is 3. The van der Waals surface area contributed by atoms with E-state index in [2.05, 4.69) is 5.16 Å². The van der Waals surface area contributed by atoms with Gasteiger partial charge in [0.25, 0.3) is 0 Å². The number of ketones is 1. The van der Waals surface area contributed by atoms with Crippen molar-refractivity contribution in [2.75, 3.05) is 7.11 Å². The molecule has 10 nitrogen and oxygen atoms in total. The zero-order valence-corrected chi connectivity index (χ0v) is 17.4. The fourth-order valence-electron chi connectivity index (χ4n) is 3.42. The van der Waals surface area contributed by atoms with Gasteiger partial charge in [0, 0.05) is 17.2 Å². The first kappa shape index (κ1) is 22.3. The van der Waals surface area contributed by atoms with E-state index < -0.39 is 45.0 Å². The summed E-state index contributed by atoms with van der Waals surface area (Å²) in [6.45, 7) is 0. The minimum absolute atomic E-state index is 0.0392. The number of ether oxygens (including phenoxy) is 1. The molecule has 3 aromatic carbocycles. The van der Waals surface area contributed by atoms with Gasteiger partial charge in [0.2, 0.25) is 11.5 Å². The lowest BCUT2D eigenvalue weighted by atomic mass is 9.93. The molecule has 11 heteroatoms. The largest absolute Gasteiger partial charge is 0.505 e. The molecule has 0 saturated carbocycles. The van der Waals surface area contributed by atoms with E-state index in [-0.39, 0.29) is 33.9 Å². The highest BCUT2D eigenvalue weighted by Gasteiger charge is 2.34. The Morgan fingerprint density at radius 3 is 2.50 bits per heavy atom. The van der Waals surface area contributed by atoms with Gasteiger partial charge in [0.15, 0.2) is 23.1 Å². The standard InChI is InChI=1S/C23H15FN2O8/c1-33-18-5-3-2-4-12(18)22(29)20-13(9-17(28)23(30)21(20)26(31)32)19-10-15(25-34-19)11-6-7-14(24)16(27)8-11/h2-10,27-28,30H,1H3. The van der Waals surface area contributed by atoms with E-state index in [1.165, 1.54) is 37.4 Å². The molecule has 0 unspecified atom stereocenters. The first-order chi connectivity index (χ1) is 16.2. The minimum atomic E-state index is -1.10. The molecular weight excluding hydrogens is 451 g/mol. The average Bonchev–Trinajstić information content (AvgIpc) is 3.31. The van der Waals surface area contributed by atoms with Gasteiger partial charge in [-0.25, -0.2) is 4.39 Å². The van der Waals surface area contributed by atoms with E-state index in [0.29, 0.717) is 0 Å². The lowest BCUT2D eigenvalue weighted by Crippen LogP contribution is -2.09. The van der Waals surface area contributed by atoms with E-state index in [4.69, 9.17) is 9.26 Å². The SMILES string of the molecule is COc1ccccc1C(=O)c1c(-c2cc(-c3ccc(F)c(O)c3)no2)cc(O)c(O)c1[N+](=O)[O-]. The highest BCUT2D eigenvalue weighted by molar-refractivity contribution is 6.17. The van der Waals surface area contributed by atoms with Crippen LogP contribution in [0.1, 0.15) is 15.9 Å². The number of aromatic nitrogens is 1. The fraction of sp³-hybridized carbons (Fsp3) is 0.0435. The van der Waals surface area contributed by atoms with E-state index in [1.807, 2.05) is 0 Å². The predicted octanol–water partition coefficient (Wildman–Crippen LogP) is 4.41. The van der Waals surface area contributed by atoms with Crippen molar-refractivity contribution in [1.82, 2.24) is 5.16 Å². The maximum absolute atomic E-state index is 13.5. The maximum Gasteiger partial charge on any atom is 0.326 e. The molecule has 0 fully saturated rings. The molecule has 1 heterocycles. The molecule has 3 N–H and O–H groups in total. The van der Waals surface area contributed by atoms with Crippen molar-refractivity contribution >= 4 is 11.5 Å². The molecule has 0 saturated heterocycles. The Balaban J connectivity index is 1.95. The molecule has 0 spiro atoms. The Hall–Kier alpha value is -4.93. The second-order valence-corrected chi connectivity index (χ2v) is 7.04. The molecule has 4 aromatic rings. The monoisotopic (exact) mass is 466 g/mol. The van der Waals surface area contributed by atoms with E-state index in [1.54, 1.807) is 6.07 Å². The van der Waals surface area contributed by atoms with Crippen molar-refractivity contribution < 1.29 is 38.7 Å². The third-order valence-electron chi connectivity index (χ3n) is 5.03. The second-order valence-electron chi connectivity index (χ2n) is 7.04. The molecule has 4 rings (SSSR count). The van der Waals surface area contributed by atoms with Crippen LogP contribution in [0.2, 0.25) is 0 Å². The van der Waals surface area contributed by atoms with Crippen LogP contribution in [0.15, 0.2) is 59.1 Å². The molecule has 0 radical (unpaired) electrons. The molecule has 0 aliphatic heterocycles. The van der Waals surface area contributed by atoms with Gasteiger partial charge in [-0.1, -0.05) is 17.3 Å². The zero-order valence-electron chi connectivity index (χ0n) is 17.4. The summed E-state index contributed by atoms with van der Waals surface area (Å²) >= 11 is 0. The summed E-state index contributed by atoms with van der Waals surface area (Å²) in [5, 5.41) is 45.6. The summed E-state index contributed by atoms with van der Waals surface area (Å²) in [7, 11) is 1.32. The van der Waals surface area contributed by atoms with Crippen LogP contribution in [0.5, 0.6) is 23.0 Å². The van der Waals surface area contributed by atoms with Gasteiger partial charge >= 0.3 is 5.69 Å². The number of methoxy groups -OCH3 is 1. The summed E-state index contributed by atoms with van der Waals surface area (Å²) in [6, 6.07) is 11.6. The minimum Gasteiger partial charge on any atom is -0.505 e. The smallest absolute Gasteiger partial charge is 0.326 e. The Morgan fingerprint density at radius 1 is 1.09 bits per heavy atom. The second kappa shape index (κ2) is 8.54. The molecule has 1 aromatic heterocycles. The Labute approximate surface area is 190 Å².